The van der Waals surface area contributed by atoms with E-state index >= 15 is 0 Å². The van der Waals surface area contributed by atoms with E-state index in [9.17, 15) is 0 Å². The Labute approximate surface area is 160 Å². The number of aliphatic imine (C=N–C) groups is 1. The monoisotopic (exact) mass is 367 g/mol. The Morgan fingerprint density at radius 2 is 1.85 bits per heavy atom. The number of hydrogen-bond acceptors (Lipinski definition) is 4. The molecule has 0 radical (unpaired) electrons. The van der Waals surface area contributed by atoms with Crippen LogP contribution in [0.4, 0.5) is 0 Å². The molecule has 0 aromatic carbocycles. The zero-order valence-electron chi connectivity index (χ0n) is 17.5. The molecule has 2 fully saturated rings. The molecule has 2 rings (SSSR count). The number of guanidine groups is 1. The fraction of sp³-hybridized carbons (Fsp3) is 0.950. The molecule has 2 aliphatic rings. The van der Waals surface area contributed by atoms with Crippen molar-refractivity contribution in [3.8, 4) is 0 Å². The van der Waals surface area contributed by atoms with Gasteiger partial charge in [-0.1, -0.05) is 19.3 Å². The summed E-state index contributed by atoms with van der Waals surface area (Å²) in [7, 11) is 2.27. The lowest BCUT2D eigenvalue weighted by atomic mass is 9.94. The number of hydrogen-bond donors (Lipinski definition) is 2. The van der Waals surface area contributed by atoms with Crippen LogP contribution in [-0.4, -0.2) is 86.9 Å². The van der Waals surface area contributed by atoms with Crippen molar-refractivity contribution in [1.82, 2.24) is 20.4 Å². The third kappa shape index (κ3) is 7.05. The Morgan fingerprint density at radius 1 is 1.15 bits per heavy atom. The SMILES string of the molecule is CCNC(=NCC(C)(C)N1CCOCC1)NCCN(C)C1CCCCC1. The second-order valence-electron chi connectivity index (χ2n) is 8.31. The molecule has 1 saturated heterocycles. The molecule has 0 spiro atoms. The summed E-state index contributed by atoms with van der Waals surface area (Å²) < 4.78 is 5.48. The van der Waals surface area contributed by atoms with Crippen LogP contribution in [0, 0.1) is 0 Å². The van der Waals surface area contributed by atoms with Crippen molar-refractivity contribution in [2.75, 3.05) is 59.5 Å². The maximum absolute atomic E-state index is 5.48. The van der Waals surface area contributed by atoms with Gasteiger partial charge >= 0.3 is 0 Å². The maximum atomic E-state index is 5.48. The first-order valence-electron chi connectivity index (χ1n) is 10.6. The Hall–Kier alpha value is -0.850. The molecule has 2 N–H and O–H groups in total. The van der Waals surface area contributed by atoms with E-state index in [1.807, 2.05) is 0 Å². The third-order valence-corrected chi connectivity index (χ3v) is 5.79. The molecule has 0 amide bonds. The van der Waals surface area contributed by atoms with E-state index in [-0.39, 0.29) is 5.54 Å². The highest BCUT2D eigenvalue weighted by Gasteiger charge is 2.28. The minimum atomic E-state index is 0.0605. The Kier molecular flexibility index (Phi) is 9.16. The highest BCUT2D eigenvalue weighted by Crippen LogP contribution is 2.21. The molecule has 6 heteroatoms. The second-order valence-corrected chi connectivity index (χ2v) is 8.31. The number of nitrogens with one attached hydrogen (secondary N) is 2. The number of likely N-dealkylation sites (N-methyl/N-ethyl adjacent to an activating group) is 1. The lowest BCUT2D eigenvalue weighted by Crippen LogP contribution is -2.52. The van der Waals surface area contributed by atoms with Crippen LogP contribution in [0.25, 0.3) is 0 Å². The molecule has 0 aromatic heterocycles. The van der Waals surface area contributed by atoms with Crippen molar-refractivity contribution in [3.05, 3.63) is 0 Å². The molecule has 0 bridgehead atoms. The van der Waals surface area contributed by atoms with Gasteiger partial charge in [0.1, 0.15) is 0 Å². The smallest absolute Gasteiger partial charge is 0.191 e. The molecule has 1 heterocycles. The molecule has 152 valence electrons. The minimum absolute atomic E-state index is 0.0605. The van der Waals surface area contributed by atoms with Gasteiger partial charge in [0.2, 0.25) is 0 Å². The largest absolute Gasteiger partial charge is 0.379 e. The summed E-state index contributed by atoms with van der Waals surface area (Å²) in [5.41, 5.74) is 0.0605. The van der Waals surface area contributed by atoms with Gasteiger partial charge in [0.25, 0.3) is 0 Å². The first-order valence-corrected chi connectivity index (χ1v) is 10.6. The lowest BCUT2D eigenvalue weighted by Gasteiger charge is -2.40. The van der Waals surface area contributed by atoms with Crippen LogP contribution >= 0.6 is 0 Å². The Balaban J connectivity index is 1.77. The van der Waals surface area contributed by atoms with Gasteiger partial charge in [-0.2, -0.15) is 0 Å². The summed E-state index contributed by atoms with van der Waals surface area (Å²) in [5, 5.41) is 6.91. The van der Waals surface area contributed by atoms with E-state index in [2.05, 4.69) is 48.3 Å². The van der Waals surface area contributed by atoms with Crippen LogP contribution in [0.3, 0.4) is 0 Å². The van der Waals surface area contributed by atoms with E-state index in [1.54, 1.807) is 0 Å². The van der Waals surface area contributed by atoms with Gasteiger partial charge in [-0.3, -0.25) is 9.89 Å². The molecule has 0 atom stereocenters. The number of nitrogens with zero attached hydrogens (tertiary/aromatic N) is 3. The third-order valence-electron chi connectivity index (χ3n) is 5.79. The summed E-state index contributed by atoms with van der Waals surface area (Å²) in [5.74, 6) is 0.936. The maximum Gasteiger partial charge on any atom is 0.191 e. The molecule has 1 saturated carbocycles. The molecule has 1 aliphatic carbocycles. The molecule has 6 nitrogen and oxygen atoms in total. The van der Waals surface area contributed by atoms with Crippen molar-refractivity contribution in [1.29, 1.82) is 0 Å². The summed E-state index contributed by atoms with van der Waals surface area (Å²) in [6.07, 6.45) is 6.92. The lowest BCUT2D eigenvalue weighted by molar-refractivity contribution is -0.00683. The first kappa shape index (κ1) is 21.5. The van der Waals surface area contributed by atoms with Crippen LogP contribution in [-0.2, 0) is 4.74 Å². The molecule has 26 heavy (non-hydrogen) atoms. The van der Waals surface area contributed by atoms with Crippen LogP contribution in [0.5, 0.6) is 0 Å². The summed E-state index contributed by atoms with van der Waals surface area (Å²) >= 11 is 0. The van der Waals surface area contributed by atoms with Gasteiger partial charge in [-0.05, 0) is 40.7 Å². The topological polar surface area (TPSA) is 52.1 Å². The number of rotatable bonds is 8. The molecular formula is C20H41N5O. The average Bonchev–Trinajstić information content (AvgIpc) is 2.67. The van der Waals surface area contributed by atoms with Gasteiger partial charge in [-0.25, -0.2) is 0 Å². The highest BCUT2D eigenvalue weighted by atomic mass is 16.5. The van der Waals surface area contributed by atoms with Crippen LogP contribution in [0.2, 0.25) is 0 Å². The molecule has 0 unspecified atom stereocenters. The van der Waals surface area contributed by atoms with E-state index in [1.165, 1.54) is 32.1 Å². The molecular weight excluding hydrogens is 326 g/mol. The number of morpholine rings is 1. The van der Waals surface area contributed by atoms with Gasteiger partial charge < -0.3 is 20.3 Å². The van der Waals surface area contributed by atoms with Crippen molar-refractivity contribution in [2.24, 2.45) is 4.99 Å². The van der Waals surface area contributed by atoms with E-state index in [4.69, 9.17) is 9.73 Å². The molecule has 1 aliphatic heterocycles. The Bertz CT molecular complexity index is 414. The van der Waals surface area contributed by atoms with E-state index in [0.29, 0.717) is 0 Å². The van der Waals surface area contributed by atoms with Crippen LogP contribution in [0.1, 0.15) is 52.9 Å². The van der Waals surface area contributed by atoms with Crippen LogP contribution < -0.4 is 10.6 Å². The van der Waals surface area contributed by atoms with Crippen molar-refractivity contribution in [2.45, 2.75) is 64.5 Å². The van der Waals surface area contributed by atoms with Crippen molar-refractivity contribution in [3.63, 3.8) is 0 Å². The zero-order valence-corrected chi connectivity index (χ0v) is 17.5. The summed E-state index contributed by atoms with van der Waals surface area (Å²) in [6.45, 7) is 14.0. The second kappa shape index (κ2) is 11.1. The average molecular weight is 368 g/mol. The van der Waals surface area contributed by atoms with E-state index in [0.717, 1.165) is 64.5 Å². The predicted octanol–water partition coefficient (Wildman–Crippen LogP) is 1.92. The van der Waals surface area contributed by atoms with Crippen molar-refractivity contribution < 1.29 is 4.74 Å². The minimum Gasteiger partial charge on any atom is -0.379 e. The quantitative estimate of drug-likeness (QED) is 0.507. The van der Waals surface area contributed by atoms with Gasteiger partial charge in [0, 0.05) is 44.3 Å². The Morgan fingerprint density at radius 3 is 2.50 bits per heavy atom. The summed E-state index contributed by atoms with van der Waals surface area (Å²) in [4.78, 5) is 9.87. The normalized spacial score (nSPS) is 21.2. The van der Waals surface area contributed by atoms with Crippen molar-refractivity contribution >= 4 is 5.96 Å². The van der Waals surface area contributed by atoms with Gasteiger partial charge in [-0.15, -0.1) is 0 Å². The standard InChI is InChI=1S/C20H41N5O/c1-5-21-19(22-11-12-24(4)18-9-7-6-8-10-18)23-17-20(2,3)25-13-15-26-16-14-25/h18H,5-17H2,1-4H3,(H2,21,22,23). The molecule has 0 aromatic rings. The predicted molar refractivity (Wildman–Crippen MR) is 110 cm³/mol. The summed E-state index contributed by atoms with van der Waals surface area (Å²) in [6, 6.07) is 0.769. The van der Waals surface area contributed by atoms with Gasteiger partial charge in [0.05, 0.1) is 19.8 Å². The first-order chi connectivity index (χ1) is 12.5. The fourth-order valence-corrected chi connectivity index (χ4v) is 3.94. The number of ether oxygens (including phenoxy) is 1. The fourth-order valence-electron chi connectivity index (χ4n) is 3.94. The zero-order chi connectivity index (χ0) is 18.8. The van der Waals surface area contributed by atoms with Gasteiger partial charge in [0.15, 0.2) is 5.96 Å². The van der Waals surface area contributed by atoms with Crippen LogP contribution in [0.15, 0.2) is 4.99 Å². The highest BCUT2D eigenvalue weighted by molar-refractivity contribution is 5.79. The van der Waals surface area contributed by atoms with E-state index < -0.39 is 0 Å².